The maximum Gasteiger partial charge on any atom is 4.00 e. The second-order valence-corrected chi connectivity index (χ2v) is 0. The molecule has 4 nitrogen and oxygen atoms in total. The van der Waals surface area contributed by atoms with Crippen LogP contribution >= 0.6 is 0 Å². The summed E-state index contributed by atoms with van der Waals surface area (Å²) in [6, 6.07) is 0. The second kappa shape index (κ2) is 31300. The van der Waals surface area contributed by atoms with Gasteiger partial charge < -0.3 is 47.3 Å². The molecule has 0 fully saturated rings. The first kappa shape index (κ1) is 71.1. The van der Waals surface area contributed by atoms with E-state index in [1.54, 1.807) is 0 Å². The van der Waals surface area contributed by atoms with Crippen LogP contribution in [-0.4, -0.2) is 37.7 Å². The number of hydrogen-bond acceptors (Lipinski definition) is 4. The van der Waals surface area contributed by atoms with Crippen molar-refractivity contribution in [2.24, 2.45) is 0 Å². The molecule has 0 aliphatic carbocycles. The van der Waals surface area contributed by atoms with Gasteiger partial charge in [-0.15, -0.1) is 0 Å². The van der Waals surface area contributed by atoms with E-state index < -0.39 is 0 Å². The van der Waals surface area contributed by atoms with Gasteiger partial charge in [-0.1, -0.05) is 0 Å². The van der Waals surface area contributed by atoms with Crippen LogP contribution in [0.4, 0.5) is 0 Å². The van der Waals surface area contributed by atoms with Crippen LogP contribution in [0.5, 0.6) is 0 Å². The zero-order chi connectivity index (χ0) is 8.00. The summed E-state index contributed by atoms with van der Waals surface area (Å²) in [6.45, 7) is 19.0. The molecule has 0 spiro atoms. The molecular weight excluding hydrogens is 313 g/mol. The van der Waals surface area contributed by atoms with Gasteiger partial charge in [-0.05, 0) is 0 Å². The van der Waals surface area contributed by atoms with E-state index in [-0.39, 0.29) is 58.8 Å². The van der Waals surface area contributed by atoms with E-state index >= 15 is 0 Å². The van der Waals surface area contributed by atoms with Crippen molar-refractivity contribution in [3.05, 3.63) is 26.3 Å². The zero-order valence-electron chi connectivity index (χ0n) is 6.11. The Balaban J connectivity index is -0.00000000356. The Kier molecular flexibility index (Phi) is 202000. The summed E-state index contributed by atoms with van der Waals surface area (Å²) in [6.07, 6.45) is 0. The summed E-state index contributed by atoms with van der Waals surface area (Å²) >= 11 is 0. The molecule has 0 aromatic heterocycles. The average Bonchev–Trinajstić information content (AvgIpc) is 2.03. The van der Waals surface area contributed by atoms with Crippen LogP contribution in [-0.2, 0) is 21.1 Å². The van der Waals surface area contributed by atoms with Crippen LogP contribution in [0.25, 0.3) is 0 Å². The molecule has 0 aliphatic rings. The summed E-state index contributed by atoms with van der Waals surface area (Å²) in [4.78, 5) is 0. The van der Waals surface area contributed by atoms with E-state index in [9.17, 15) is 0 Å². The molecule has 0 N–H and O–H groups in total. The van der Waals surface area contributed by atoms with Gasteiger partial charge in [0.15, 0.2) is 0 Å². The van der Waals surface area contributed by atoms with Crippen LogP contribution in [0.2, 0.25) is 0 Å². The van der Waals surface area contributed by atoms with Crippen molar-refractivity contribution >= 4 is 37.7 Å². The van der Waals surface area contributed by atoms with Gasteiger partial charge in [-0.25, -0.2) is 0 Å². The quantitative estimate of drug-likeness (QED) is 0.450. The Labute approximate surface area is 105 Å². The van der Waals surface area contributed by atoms with E-state index in [1.807, 2.05) is 0 Å². The van der Waals surface area contributed by atoms with Crippen LogP contribution in [0.15, 0.2) is 0 Å². The van der Waals surface area contributed by atoms with Gasteiger partial charge in [-0.3, -0.25) is 0 Å². The van der Waals surface area contributed by atoms with Crippen LogP contribution < -0.4 is 0 Å². The van der Waals surface area contributed by atoms with Gasteiger partial charge >= 0.3 is 21.1 Å². The molecule has 0 amide bonds. The van der Waals surface area contributed by atoms with Crippen molar-refractivity contribution in [1.29, 1.82) is 21.0 Å². The maximum atomic E-state index is 6.25. The predicted molar refractivity (Wildman–Crippen MR) is 31.4 cm³/mol. The van der Waals surface area contributed by atoms with E-state index in [4.69, 9.17) is 47.3 Å². The summed E-state index contributed by atoms with van der Waals surface area (Å²) < 4.78 is 0. The number of rotatable bonds is 0. The molecule has 11 heavy (non-hydrogen) atoms. The van der Waals surface area contributed by atoms with Crippen molar-refractivity contribution < 1.29 is 21.1 Å². The predicted octanol–water partition coefficient (Wildman–Crippen LogP) is -0.379. The minimum atomic E-state index is 0. The monoisotopic (exact) mass is 313 g/mol. The van der Waals surface area contributed by atoms with Crippen LogP contribution in [0.3, 0.4) is 0 Å². The zero-order valence-corrected chi connectivity index (χ0v) is 8.38. The Morgan fingerprint density at radius 3 is 0.455 bits per heavy atom. The van der Waals surface area contributed by atoms with Crippen molar-refractivity contribution in [2.75, 3.05) is 0 Å². The molecule has 0 rings (SSSR count). The molecule has 0 heterocycles. The van der Waals surface area contributed by atoms with Crippen molar-refractivity contribution in [2.45, 2.75) is 0 Å². The molecule has 0 saturated heterocycles. The largest absolute Gasteiger partial charge is 4.00 e. The van der Waals surface area contributed by atoms with E-state index in [0.717, 1.165) is 0 Å². The summed E-state index contributed by atoms with van der Waals surface area (Å²) in [5.74, 6) is 0. The SMILES string of the molecule is [C-]#N.[C-]#N.[C-]#N.[C-]#N.[Li].[Li].[Pt+4]. The van der Waals surface area contributed by atoms with Crippen molar-refractivity contribution in [3.63, 3.8) is 0 Å². The Morgan fingerprint density at radius 1 is 0.455 bits per heavy atom. The molecule has 0 saturated carbocycles. The first-order chi connectivity index (χ1) is 4.00. The van der Waals surface area contributed by atoms with Gasteiger partial charge in [0.2, 0.25) is 0 Å². The maximum absolute atomic E-state index is 6.25. The minimum absolute atomic E-state index is 0. The fraction of sp³-hybridized carbons (Fsp3) is 0. The first-order valence-corrected chi connectivity index (χ1v) is 0.894. The Hall–Kier alpha value is -0.157. The average molecular weight is 313 g/mol. The molecule has 0 aliphatic heterocycles. The third kappa shape index (κ3) is 24600. The fourth-order valence-corrected chi connectivity index (χ4v) is 0. The van der Waals surface area contributed by atoms with Crippen molar-refractivity contribution in [1.82, 2.24) is 0 Å². The molecule has 0 aromatic carbocycles. The van der Waals surface area contributed by atoms with Crippen molar-refractivity contribution in [3.8, 4) is 0 Å². The summed E-state index contributed by atoms with van der Waals surface area (Å²) in [5.41, 5.74) is 0. The molecule has 0 unspecified atom stereocenters. The van der Waals surface area contributed by atoms with E-state index in [2.05, 4.69) is 0 Å². The van der Waals surface area contributed by atoms with Gasteiger partial charge in [0.05, 0.1) is 0 Å². The van der Waals surface area contributed by atoms with Gasteiger partial charge in [-0.2, -0.15) is 0 Å². The Bertz CT molecular complexity index is 63.1. The third-order valence-electron chi connectivity index (χ3n) is 0. The van der Waals surface area contributed by atoms with E-state index in [0.29, 0.717) is 0 Å². The molecule has 0 bridgehead atoms. The number of nitrogens with zero attached hydrogens (tertiary/aromatic N) is 4. The smallest absolute Gasteiger partial charge is 0.512 e. The normalized spacial score (nSPS) is 0.727. The molecular formula is C4Li2N4Pt. The number of hydrogen-bond donors (Lipinski definition) is 0. The minimum Gasteiger partial charge on any atom is -0.512 e. The van der Waals surface area contributed by atoms with Gasteiger partial charge in [0.1, 0.15) is 0 Å². The summed E-state index contributed by atoms with van der Waals surface area (Å²) in [5, 5.41) is 25.0. The molecule has 0 atom stereocenters. The summed E-state index contributed by atoms with van der Waals surface area (Å²) in [7, 11) is 0. The fourth-order valence-electron chi connectivity index (χ4n) is 0. The molecule has 7 heteroatoms. The van der Waals surface area contributed by atoms with Crippen LogP contribution in [0, 0.1) is 47.3 Å². The van der Waals surface area contributed by atoms with E-state index in [1.165, 1.54) is 0 Å². The van der Waals surface area contributed by atoms with Gasteiger partial charge in [0, 0.05) is 37.7 Å². The topological polar surface area (TPSA) is 95.2 Å². The van der Waals surface area contributed by atoms with Crippen LogP contribution in [0.1, 0.15) is 0 Å². The standard InChI is InChI=1S/4CN.2Li.Pt/c4*1-2;;;/q4*-1;;;+4. The second-order valence-electron chi connectivity index (χ2n) is 0. The third-order valence-corrected chi connectivity index (χ3v) is 0. The van der Waals surface area contributed by atoms with Gasteiger partial charge in [0.25, 0.3) is 0 Å². The Morgan fingerprint density at radius 2 is 0.455 bits per heavy atom. The molecule has 48 valence electrons. The molecule has 2 radical (unpaired) electrons. The molecule has 0 aromatic rings. The first-order valence-electron chi connectivity index (χ1n) is 0.894.